The molecule has 2 aromatic rings. The molecule has 1 atom stereocenters. The Morgan fingerprint density at radius 2 is 1.80 bits per heavy atom. The molecule has 2 aromatic carbocycles. The van der Waals surface area contributed by atoms with Crippen LogP contribution in [0.2, 0.25) is 0 Å². The highest BCUT2D eigenvalue weighted by molar-refractivity contribution is 5.94. The largest absolute Gasteiger partial charge is 0.396 e. The molecule has 0 spiro atoms. The number of nitrogens with zero attached hydrogens (tertiary/aromatic N) is 1. The lowest BCUT2D eigenvalue weighted by molar-refractivity contribution is -0.0440. The van der Waals surface area contributed by atoms with Crippen LogP contribution in [0, 0.1) is 5.41 Å². The summed E-state index contributed by atoms with van der Waals surface area (Å²) in [7, 11) is 0. The van der Waals surface area contributed by atoms with Gasteiger partial charge in [-0.3, -0.25) is 0 Å². The standard InChI is InChI=1S/C25H32N2O3/c28-19-25(18-21-10-6-7-17-30-21)13-15-27(16-14-25)24(29)26-23-12-5-4-11-22(23)20-8-2-1-3-9-20/h1-5,8-9,11-12,21,28H,6-7,10,13-19H2,(H,26,29)/t21-/m1/s1. The molecule has 2 N–H and O–H groups in total. The van der Waals surface area contributed by atoms with Crippen molar-refractivity contribution in [3.63, 3.8) is 0 Å². The van der Waals surface area contributed by atoms with Gasteiger partial charge in [0.2, 0.25) is 0 Å². The van der Waals surface area contributed by atoms with E-state index in [-0.39, 0.29) is 24.2 Å². The number of amides is 2. The lowest BCUT2D eigenvalue weighted by Gasteiger charge is -2.43. The van der Waals surface area contributed by atoms with Crippen molar-refractivity contribution < 1.29 is 14.6 Å². The molecule has 5 heteroatoms. The number of hydrogen-bond acceptors (Lipinski definition) is 3. The van der Waals surface area contributed by atoms with Crippen LogP contribution in [0.25, 0.3) is 11.1 Å². The minimum atomic E-state index is -0.124. The molecule has 2 heterocycles. The molecule has 0 bridgehead atoms. The monoisotopic (exact) mass is 408 g/mol. The molecular weight excluding hydrogens is 376 g/mol. The molecule has 2 aliphatic heterocycles. The Labute approximate surface area is 179 Å². The van der Waals surface area contributed by atoms with Gasteiger partial charge in [0.15, 0.2) is 0 Å². The number of carbonyl (C=O) groups is 1. The lowest BCUT2D eigenvalue weighted by Crippen LogP contribution is -2.47. The lowest BCUT2D eigenvalue weighted by atomic mass is 9.74. The maximum absolute atomic E-state index is 13.0. The zero-order chi connectivity index (χ0) is 20.8. The molecule has 5 nitrogen and oxygen atoms in total. The highest BCUT2D eigenvalue weighted by Gasteiger charge is 2.38. The number of para-hydroxylation sites is 1. The summed E-state index contributed by atoms with van der Waals surface area (Å²) in [6.07, 6.45) is 6.22. The summed E-state index contributed by atoms with van der Waals surface area (Å²) in [5.41, 5.74) is 2.80. The smallest absolute Gasteiger partial charge is 0.321 e. The van der Waals surface area contributed by atoms with Crippen LogP contribution in [0.5, 0.6) is 0 Å². The topological polar surface area (TPSA) is 61.8 Å². The number of anilines is 1. The Morgan fingerprint density at radius 1 is 1.07 bits per heavy atom. The van der Waals surface area contributed by atoms with E-state index in [1.807, 2.05) is 47.4 Å². The average Bonchev–Trinajstić information content (AvgIpc) is 2.81. The average molecular weight is 409 g/mol. The van der Waals surface area contributed by atoms with Crippen LogP contribution in [-0.2, 0) is 4.74 Å². The van der Waals surface area contributed by atoms with Gasteiger partial charge >= 0.3 is 6.03 Å². The number of carbonyl (C=O) groups excluding carboxylic acids is 1. The van der Waals surface area contributed by atoms with Gasteiger partial charge in [-0.1, -0.05) is 48.5 Å². The van der Waals surface area contributed by atoms with Crippen molar-refractivity contribution in [1.29, 1.82) is 0 Å². The van der Waals surface area contributed by atoms with E-state index in [9.17, 15) is 9.90 Å². The Bertz CT molecular complexity index is 825. The van der Waals surface area contributed by atoms with Gasteiger partial charge in [-0.15, -0.1) is 0 Å². The normalized spacial score (nSPS) is 21.2. The number of rotatable bonds is 5. The number of hydrogen-bond donors (Lipinski definition) is 2. The number of benzene rings is 2. The molecule has 160 valence electrons. The number of ether oxygens (including phenoxy) is 1. The minimum absolute atomic E-state index is 0.0705. The first-order valence-electron chi connectivity index (χ1n) is 11.1. The Kier molecular flexibility index (Phi) is 6.70. The minimum Gasteiger partial charge on any atom is -0.396 e. The van der Waals surface area contributed by atoms with E-state index in [4.69, 9.17) is 4.74 Å². The summed E-state index contributed by atoms with van der Waals surface area (Å²) in [5, 5.41) is 13.2. The summed E-state index contributed by atoms with van der Waals surface area (Å²) in [5.74, 6) is 0. The predicted molar refractivity (Wildman–Crippen MR) is 119 cm³/mol. The van der Waals surface area contributed by atoms with Crippen molar-refractivity contribution in [2.75, 3.05) is 31.6 Å². The van der Waals surface area contributed by atoms with Gasteiger partial charge in [0.05, 0.1) is 11.8 Å². The third-order valence-corrected chi connectivity index (χ3v) is 6.63. The van der Waals surface area contributed by atoms with E-state index >= 15 is 0 Å². The molecule has 0 saturated carbocycles. The summed E-state index contributed by atoms with van der Waals surface area (Å²) in [4.78, 5) is 14.8. The molecule has 2 aliphatic rings. The highest BCUT2D eigenvalue weighted by atomic mass is 16.5. The van der Waals surface area contributed by atoms with Crippen LogP contribution in [0.15, 0.2) is 54.6 Å². The summed E-state index contributed by atoms with van der Waals surface area (Å²) < 4.78 is 5.91. The summed E-state index contributed by atoms with van der Waals surface area (Å²) in [6.45, 7) is 2.32. The van der Waals surface area contributed by atoms with Crippen molar-refractivity contribution in [3.8, 4) is 11.1 Å². The molecule has 2 fully saturated rings. The molecule has 0 radical (unpaired) electrons. The van der Waals surface area contributed by atoms with Crippen molar-refractivity contribution >= 4 is 11.7 Å². The molecular formula is C25H32N2O3. The fourth-order valence-corrected chi connectivity index (χ4v) is 4.72. The van der Waals surface area contributed by atoms with Gasteiger partial charge < -0.3 is 20.1 Å². The fraction of sp³-hybridized carbons (Fsp3) is 0.480. The number of nitrogens with one attached hydrogen (secondary N) is 1. The first kappa shape index (κ1) is 20.9. The molecule has 4 rings (SSSR count). The summed E-state index contributed by atoms with van der Waals surface area (Å²) in [6, 6.07) is 17.9. The van der Waals surface area contributed by atoms with Gasteiger partial charge in [0.25, 0.3) is 0 Å². The second-order valence-corrected chi connectivity index (χ2v) is 8.68. The second kappa shape index (κ2) is 9.63. The van der Waals surface area contributed by atoms with Gasteiger partial charge in [0.1, 0.15) is 0 Å². The van der Waals surface area contributed by atoms with Crippen LogP contribution in [-0.4, -0.2) is 48.4 Å². The fourth-order valence-electron chi connectivity index (χ4n) is 4.72. The van der Waals surface area contributed by atoms with Crippen LogP contribution < -0.4 is 5.32 Å². The van der Waals surface area contributed by atoms with Crippen molar-refractivity contribution in [1.82, 2.24) is 4.90 Å². The highest BCUT2D eigenvalue weighted by Crippen LogP contribution is 2.38. The van der Waals surface area contributed by atoms with Gasteiger partial charge in [0, 0.05) is 31.9 Å². The third-order valence-electron chi connectivity index (χ3n) is 6.63. The zero-order valence-electron chi connectivity index (χ0n) is 17.6. The molecule has 0 aliphatic carbocycles. The third kappa shape index (κ3) is 4.85. The van der Waals surface area contributed by atoms with Gasteiger partial charge in [-0.2, -0.15) is 0 Å². The molecule has 30 heavy (non-hydrogen) atoms. The quantitative estimate of drug-likeness (QED) is 0.738. The molecule has 0 aromatic heterocycles. The van der Waals surface area contributed by atoms with E-state index in [1.54, 1.807) is 0 Å². The van der Waals surface area contributed by atoms with E-state index in [1.165, 1.54) is 6.42 Å². The van der Waals surface area contributed by atoms with E-state index < -0.39 is 0 Å². The van der Waals surface area contributed by atoms with E-state index in [2.05, 4.69) is 17.4 Å². The van der Waals surface area contributed by atoms with Crippen LogP contribution in [0.4, 0.5) is 10.5 Å². The summed E-state index contributed by atoms with van der Waals surface area (Å²) >= 11 is 0. The van der Waals surface area contributed by atoms with Gasteiger partial charge in [-0.25, -0.2) is 4.79 Å². The maximum Gasteiger partial charge on any atom is 0.321 e. The number of urea groups is 1. The maximum atomic E-state index is 13.0. The van der Waals surface area contributed by atoms with E-state index in [0.717, 1.165) is 55.5 Å². The van der Waals surface area contributed by atoms with Gasteiger partial charge in [-0.05, 0) is 55.6 Å². The number of aliphatic hydroxyl groups is 1. The van der Waals surface area contributed by atoms with Crippen molar-refractivity contribution in [2.24, 2.45) is 5.41 Å². The zero-order valence-corrected chi connectivity index (χ0v) is 17.6. The number of aliphatic hydroxyl groups excluding tert-OH is 1. The Balaban J connectivity index is 1.38. The van der Waals surface area contributed by atoms with Crippen LogP contribution in [0.3, 0.4) is 0 Å². The second-order valence-electron chi connectivity index (χ2n) is 8.68. The molecule has 2 saturated heterocycles. The first-order chi connectivity index (χ1) is 14.7. The van der Waals surface area contributed by atoms with Crippen molar-refractivity contribution in [3.05, 3.63) is 54.6 Å². The SMILES string of the molecule is O=C(Nc1ccccc1-c1ccccc1)N1CCC(CO)(C[C@H]2CCCCO2)CC1. The first-order valence-corrected chi connectivity index (χ1v) is 11.1. The van der Waals surface area contributed by atoms with E-state index in [0.29, 0.717) is 13.1 Å². The predicted octanol–water partition coefficient (Wildman–Crippen LogP) is 4.92. The Morgan fingerprint density at radius 3 is 2.50 bits per heavy atom. The van der Waals surface area contributed by atoms with Crippen LogP contribution >= 0.6 is 0 Å². The number of likely N-dealkylation sites (tertiary alicyclic amines) is 1. The number of piperidine rings is 1. The van der Waals surface area contributed by atoms with Crippen molar-refractivity contribution in [2.45, 2.75) is 44.6 Å². The molecule has 0 unspecified atom stereocenters. The van der Waals surface area contributed by atoms with Crippen LogP contribution in [0.1, 0.15) is 38.5 Å². The molecule has 2 amide bonds. The Hall–Kier alpha value is -2.37.